The van der Waals surface area contributed by atoms with Crippen molar-refractivity contribution in [2.45, 2.75) is 25.7 Å². The molecule has 4 nitrogen and oxygen atoms in total. The second-order valence-electron chi connectivity index (χ2n) is 5.17. The average Bonchev–Trinajstić information content (AvgIpc) is 2.77. The van der Waals surface area contributed by atoms with Crippen molar-refractivity contribution in [2.75, 3.05) is 31.5 Å². The molecule has 0 atom stereocenters. The third-order valence-corrected chi connectivity index (χ3v) is 3.80. The van der Waals surface area contributed by atoms with E-state index in [4.69, 9.17) is 4.42 Å². The topological polar surface area (TPSA) is 41.3 Å². The van der Waals surface area contributed by atoms with Crippen LogP contribution in [0.5, 0.6) is 0 Å². The van der Waals surface area contributed by atoms with Gasteiger partial charge in [0.25, 0.3) is 0 Å². The molecule has 19 heavy (non-hydrogen) atoms. The fraction of sp³-hybridized carbons (Fsp3) is 0.533. The van der Waals surface area contributed by atoms with Gasteiger partial charge in [0.1, 0.15) is 11.4 Å². The summed E-state index contributed by atoms with van der Waals surface area (Å²) in [4.78, 5) is 6.94. The Labute approximate surface area is 113 Å². The van der Waals surface area contributed by atoms with E-state index in [1.165, 1.54) is 38.8 Å². The molecule has 0 spiro atoms. The van der Waals surface area contributed by atoms with E-state index in [9.17, 15) is 0 Å². The normalized spacial score (nSPS) is 17.5. The summed E-state index contributed by atoms with van der Waals surface area (Å²) in [5.41, 5.74) is 0.896. The number of nitrogens with one attached hydrogen (secondary N) is 1. The molecule has 3 rings (SSSR count). The monoisotopic (exact) mass is 259 g/mol. The van der Waals surface area contributed by atoms with E-state index in [0.29, 0.717) is 0 Å². The molecule has 2 aromatic rings. The van der Waals surface area contributed by atoms with Gasteiger partial charge >= 0.3 is 0 Å². The van der Waals surface area contributed by atoms with Crippen LogP contribution in [0.15, 0.2) is 29.0 Å². The molecule has 0 aromatic carbocycles. The zero-order valence-corrected chi connectivity index (χ0v) is 11.3. The number of likely N-dealkylation sites (tertiary alicyclic amines) is 1. The first kappa shape index (κ1) is 12.5. The zero-order valence-electron chi connectivity index (χ0n) is 11.3. The number of anilines is 1. The van der Waals surface area contributed by atoms with Gasteiger partial charge in [-0.3, -0.25) is 0 Å². The van der Waals surface area contributed by atoms with E-state index in [2.05, 4.69) is 15.2 Å². The quantitative estimate of drug-likeness (QED) is 0.916. The first-order valence-electron chi connectivity index (χ1n) is 7.22. The van der Waals surface area contributed by atoms with Crippen molar-refractivity contribution in [3.8, 4) is 0 Å². The Kier molecular flexibility index (Phi) is 3.98. The van der Waals surface area contributed by atoms with Crippen molar-refractivity contribution in [2.24, 2.45) is 0 Å². The van der Waals surface area contributed by atoms with Crippen molar-refractivity contribution < 1.29 is 4.42 Å². The largest absolute Gasteiger partial charge is 0.464 e. The van der Waals surface area contributed by atoms with Crippen molar-refractivity contribution in [1.29, 1.82) is 0 Å². The minimum Gasteiger partial charge on any atom is -0.464 e. The van der Waals surface area contributed by atoms with Crippen LogP contribution in [-0.4, -0.2) is 36.1 Å². The van der Waals surface area contributed by atoms with Gasteiger partial charge in [0.2, 0.25) is 0 Å². The lowest BCUT2D eigenvalue weighted by Gasteiger charge is -2.19. The van der Waals surface area contributed by atoms with Gasteiger partial charge in [-0.2, -0.15) is 0 Å². The van der Waals surface area contributed by atoms with Crippen LogP contribution in [0.2, 0.25) is 0 Å². The minimum absolute atomic E-state index is 0.896. The van der Waals surface area contributed by atoms with E-state index in [1.807, 2.05) is 12.1 Å². The number of aromatic nitrogens is 1. The average molecular weight is 259 g/mol. The van der Waals surface area contributed by atoms with Crippen LogP contribution in [0, 0.1) is 0 Å². The van der Waals surface area contributed by atoms with Crippen molar-refractivity contribution in [1.82, 2.24) is 9.88 Å². The molecule has 1 aliphatic rings. The highest BCUT2D eigenvalue weighted by molar-refractivity contribution is 5.87. The Hall–Kier alpha value is -1.55. The van der Waals surface area contributed by atoms with Crippen LogP contribution in [0.1, 0.15) is 25.7 Å². The van der Waals surface area contributed by atoms with E-state index >= 15 is 0 Å². The molecule has 0 aliphatic carbocycles. The van der Waals surface area contributed by atoms with E-state index in [0.717, 1.165) is 29.9 Å². The molecule has 0 radical (unpaired) electrons. The molecular formula is C15H21N3O. The molecule has 0 saturated carbocycles. The summed E-state index contributed by atoms with van der Waals surface area (Å²) >= 11 is 0. The Morgan fingerprint density at radius 2 is 2.00 bits per heavy atom. The number of fused-ring (bicyclic) bond motifs is 1. The second-order valence-corrected chi connectivity index (χ2v) is 5.17. The number of hydrogen-bond donors (Lipinski definition) is 1. The molecule has 1 N–H and O–H groups in total. The van der Waals surface area contributed by atoms with Crippen LogP contribution in [-0.2, 0) is 0 Å². The van der Waals surface area contributed by atoms with Crippen LogP contribution < -0.4 is 5.32 Å². The lowest BCUT2D eigenvalue weighted by Crippen LogP contribution is -2.30. The van der Waals surface area contributed by atoms with Gasteiger partial charge in [-0.25, -0.2) is 4.98 Å². The summed E-state index contributed by atoms with van der Waals surface area (Å²) in [5, 5.41) is 4.50. The summed E-state index contributed by atoms with van der Waals surface area (Å²) < 4.78 is 5.38. The predicted octanol–water partition coefficient (Wildman–Crippen LogP) is 3.12. The molecule has 0 unspecified atom stereocenters. The fourth-order valence-electron chi connectivity index (χ4n) is 2.73. The maximum Gasteiger partial charge on any atom is 0.139 e. The minimum atomic E-state index is 0.896. The lowest BCUT2D eigenvalue weighted by molar-refractivity contribution is 0.296. The SMILES string of the molecule is c1cc2occc2c(NCCN2CCCCCC2)n1. The highest BCUT2D eigenvalue weighted by Crippen LogP contribution is 2.21. The Balaban J connectivity index is 1.55. The van der Waals surface area contributed by atoms with Crippen molar-refractivity contribution in [3.63, 3.8) is 0 Å². The molecule has 102 valence electrons. The molecular weight excluding hydrogens is 238 g/mol. The third-order valence-electron chi connectivity index (χ3n) is 3.80. The van der Waals surface area contributed by atoms with Gasteiger partial charge in [0.15, 0.2) is 0 Å². The summed E-state index contributed by atoms with van der Waals surface area (Å²) in [6.45, 7) is 4.52. The molecule has 1 saturated heterocycles. The number of nitrogens with zero attached hydrogens (tertiary/aromatic N) is 2. The molecule has 2 aromatic heterocycles. The standard InChI is InChI=1S/C15H21N3O/c1-2-4-10-18(9-3-1)11-8-17-15-13-6-12-19-14(13)5-7-16-15/h5-7,12H,1-4,8-11H2,(H,16,17). The van der Waals surface area contributed by atoms with Crippen LogP contribution in [0.3, 0.4) is 0 Å². The Bertz CT molecular complexity index is 515. The van der Waals surface area contributed by atoms with E-state index in [-0.39, 0.29) is 0 Å². The first-order valence-corrected chi connectivity index (χ1v) is 7.22. The van der Waals surface area contributed by atoms with Crippen molar-refractivity contribution >= 4 is 16.8 Å². The number of furan rings is 1. The number of rotatable bonds is 4. The number of pyridine rings is 1. The summed E-state index contributed by atoms with van der Waals surface area (Å²) in [6, 6.07) is 3.87. The fourth-order valence-corrected chi connectivity index (χ4v) is 2.73. The van der Waals surface area contributed by atoms with Crippen LogP contribution in [0.25, 0.3) is 11.0 Å². The van der Waals surface area contributed by atoms with Gasteiger partial charge in [0, 0.05) is 19.3 Å². The van der Waals surface area contributed by atoms with Gasteiger partial charge in [0.05, 0.1) is 11.6 Å². The Morgan fingerprint density at radius 3 is 2.84 bits per heavy atom. The predicted molar refractivity (Wildman–Crippen MR) is 77.4 cm³/mol. The molecule has 1 fully saturated rings. The molecule has 0 amide bonds. The number of hydrogen-bond acceptors (Lipinski definition) is 4. The molecule has 1 aliphatic heterocycles. The van der Waals surface area contributed by atoms with E-state index in [1.54, 1.807) is 12.5 Å². The first-order chi connectivity index (χ1) is 9.43. The van der Waals surface area contributed by atoms with Crippen molar-refractivity contribution in [3.05, 3.63) is 24.6 Å². The summed E-state index contributed by atoms with van der Waals surface area (Å²) in [5.74, 6) is 0.932. The zero-order chi connectivity index (χ0) is 12.9. The lowest BCUT2D eigenvalue weighted by atomic mass is 10.2. The molecule has 4 heteroatoms. The maximum atomic E-state index is 5.38. The van der Waals surface area contributed by atoms with Crippen LogP contribution in [0.4, 0.5) is 5.82 Å². The maximum absolute atomic E-state index is 5.38. The van der Waals surface area contributed by atoms with E-state index < -0.39 is 0 Å². The summed E-state index contributed by atoms with van der Waals surface area (Å²) in [7, 11) is 0. The van der Waals surface area contributed by atoms with Gasteiger partial charge in [-0.1, -0.05) is 12.8 Å². The van der Waals surface area contributed by atoms with Gasteiger partial charge < -0.3 is 14.6 Å². The summed E-state index contributed by atoms with van der Waals surface area (Å²) in [6.07, 6.45) is 8.97. The van der Waals surface area contributed by atoms with Gasteiger partial charge in [-0.05, 0) is 38.1 Å². The third kappa shape index (κ3) is 3.07. The van der Waals surface area contributed by atoms with Crippen LogP contribution >= 0.6 is 0 Å². The molecule has 3 heterocycles. The highest BCUT2D eigenvalue weighted by Gasteiger charge is 2.09. The highest BCUT2D eigenvalue weighted by atomic mass is 16.3. The smallest absolute Gasteiger partial charge is 0.139 e. The molecule has 0 bridgehead atoms. The van der Waals surface area contributed by atoms with Gasteiger partial charge in [-0.15, -0.1) is 0 Å². The Morgan fingerprint density at radius 1 is 1.16 bits per heavy atom. The second kappa shape index (κ2) is 6.06.